The molecule has 4 heteroatoms. The molecule has 2 aromatic carbocycles. The highest BCUT2D eigenvalue weighted by Crippen LogP contribution is 2.32. The van der Waals surface area contributed by atoms with Crippen molar-refractivity contribution >= 4 is 28.3 Å². The second kappa shape index (κ2) is 5.19. The van der Waals surface area contributed by atoms with E-state index in [4.69, 9.17) is 11.6 Å². The van der Waals surface area contributed by atoms with Crippen molar-refractivity contribution in [3.05, 3.63) is 64.8 Å². The van der Waals surface area contributed by atoms with Crippen LogP contribution in [0.1, 0.15) is 16.1 Å². The van der Waals surface area contributed by atoms with Gasteiger partial charge < -0.3 is 5.11 Å². The molecule has 0 aliphatic rings. The van der Waals surface area contributed by atoms with E-state index in [-0.39, 0.29) is 5.69 Å². The van der Waals surface area contributed by atoms with Gasteiger partial charge in [-0.3, -0.25) is 0 Å². The maximum Gasteiger partial charge on any atom is 0.354 e. The molecule has 3 aromatic rings. The summed E-state index contributed by atoms with van der Waals surface area (Å²) in [6.07, 6.45) is 0. The highest BCUT2D eigenvalue weighted by molar-refractivity contribution is 6.33. The highest BCUT2D eigenvalue weighted by atomic mass is 35.5. The molecule has 0 unspecified atom stereocenters. The van der Waals surface area contributed by atoms with Crippen LogP contribution in [0, 0.1) is 6.92 Å². The second-order valence-electron chi connectivity index (χ2n) is 4.87. The lowest BCUT2D eigenvalue weighted by Crippen LogP contribution is -2.02. The summed E-state index contributed by atoms with van der Waals surface area (Å²) < 4.78 is 0. The molecule has 1 aromatic heterocycles. The Bertz CT molecular complexity index is 859. The fraction of sp³-hybridized carbons (Fsp3) is 0.0588. The predicted octanol–water partition coefficient (Wildman–Crippen LogP) is 4.56. The topological polar surface area (TPSA) is 50.2 Å². The van der Waals surface area contributed by atoms with Crippen molar-refractivity contribution < 1.29 is 9.90 Å². The van der Waals surface area contributed by atoms with Crippen molar-refractivity contribution in [2.45, 2.75) is 6.92 Å². The Labute approximate surface area is 126 Å². The Hall–Kier alpha value is -2.39. The quantitative estimate of drug-likeness (QED) is 0.754. The molecule has 1 heterocycles. The number of rotatable bonds is 2. The first-order valence-corrected chi connectivity index (χ1v) is 6.83. The molecule has 0 aliphatic carbocycles. The summed E-state index contributed by atoms with van der Waals surface area (Å²) in [5.41, 5.74) is 2.43. The second-order valence-corrected chi connectivity index (χ2v) is 5.27. The van der Waals surface area contributed by atoms with Crippen molar-refractivity contribution in [1.82, 2.24) is 4.98 Å². The van der Waals surface area contributed by atoms with Crippen LogP contribution in [0.25, 0.3) is 22.0 Å². The molecule has 1 N–H and O–H groups in total. The number of hydrogen-bond acceptors (Lipinski definition) is 2. The number of aryl methyl sites for hydroxylation is 1. The number of fused-ring (bicyclic) bond motifs is 1. The third-order valence-electron chi connectivity index (χ3n) is 3.34. The van der Waals surface area contributed by atoms with Crippen molar-refractivity contribution in [2.24, 2.45) is 0 Å². The molecular formula is C17H12ClNO2. The molecule has 0 fully saturated rings. The van der Waals surface area contributed by atoms with Crippen LogP contribution in [0.3, 0.4) is 0 Å². The predicted molar refractivity (Wildman–Crippen MR) is 83.9 cm³/mol. The summed E-state index contributed by atoms with van der Waals surface area (Å²) in [7, 11) is 0. The van der Waals surface area contributed by atoms with Gasteiger partial charge in [0.25, 0.3) is 0 Å². The van der Waals surface area contributed by atoms with Gasteiger partial charge in [0.05, 0.1) is 5.69 Å². The summed E-state index contributed by atoms with van der Waals surface area (Å²) in [5, 5.41) is 11.5. The molecule has 104 valence electrons. The van der Waals surface area contributed by atoms with Crippen LogP contribution in [0.4, 0.5) is 0 Å². The van der Waals surface area contributed by atoms with Gasteiger partial charge in [-0.05, 0) is 30.5 Å². The third-order valence-corrected chi connectivity index (χ3v) is 3.67. The number of halogens is 1. The molecule has 0 radical (unpaired) electrons. The number of pyridine rings is 1. The fourth-order valence-corrected chi connectivity index (χ4v) is 2.55. The van der Waals surface area contributed by atoms with Crippen molar-refractivity contribution in [3.63, 3.8) is 0 Å². The van der Waals surface area contributed by atoms with Gasteiger partial charge in [0, 0.05) is 16.0 Å². The average Bonchev–Trinajstić information content (AvgIpc) is 2.47. The van der Waals surface area contributed by atoms with Crippen LogP contribution in [0.5, 0.6) is 0 Å². The Kier molecular flexibility index (Phi) is 3.35. The van der Waals surface area contributed by atoms with E-state index in [0.29, 0.717) is 10.7 Å². The highest BCUT2D eigenvalue weighted by Gasteiger charge is 2.14. The Morgan fingerprint density at radius 1 is 1.14 bits per heavy atom. The molecule has 21 heavy (non-hydrogen) atoms. The van der Waals surface area contributed by atoms with E-state index >= 15 is 0 Å². The van der Waals surface area contributed by atoms with Gasteiger partial charge in [-0.1, -0.05) is 47.5 Å². The number of hydrogen-bond donors (Lipinski definition) is 1. The van der Waals surface area contributed by atoms with E-state index < -0.39 is 5.97 Å². The zero-order chi connectivity index (χ0) is 15.0. The lowest BCUT2D eigenvalue weighted by molar-refractivity contribution is 0.0691. The molecule has 0 amide bonds. The maximum atomic E-state index is 11.3. The van der Waals surface area contributed by atoms with E-state index in [0.717, 1.165) is 21.9 Å². The summed E-state index contributed by atoms with van der Waals surface area (Å²) in [5.74, 6) is -1.05. The average molecular weight is 298 g/mol. The Balaban J connectivity index is 2.41. The number of aromatic carboxylic acids is 1. The van der Waals surface area contributed by atoms with E-state index in [9.17, 15) is 9.90 Å². The molecule has 0 atom stereocenters. The van der Waals surface area contributed by atoms with Gasteiger partial charge in [0.1, 0.15) is 5.69 Å². The number of nitrogens with zero attached hydrogens (tertiary/aromatic N) is 1. The van der Waals surface area contributed by atoms with Crippen LogP contribution in [0.2, 0.25) is 5.02 Å². The van der Waals surface area contributed by atoms with Crippen LogP contribution in [-0.4, -0.2) is 16.1 Å². The van der Waals surface area contributed by atoms with E-state index in [1.54, 1.807) is 12.1 Å². The summed E-state index contributed by atoms with van der Waals surface area (Å²) in [6, 6.07) is 14.7. The molecule has 0 spiro atoms. The monoisotopic (exact) mass is 297 g/mol. The van der Waals surface area contributed by atoms with Crippen molar-refractivity contribution in [3.8, 4) is 11.3 Å². The molecule has 0 saturated carbocycles. The SMILES string of the molecule is Cc1ccc2cc(C(=O)O)nc(-c3ccccc3Cl)c2c1. The molecule has 0 bridgehead atoms. The molecule has 3 nitrogen and oxygen atoms in total. The largest absolute Gasteiger partial charge is 0.477 e. The van der Waals surface area contributed by atoms with Gasteiger partial charge in [0.2, 0.25) is 0 Å². The molecule has 0 aliphatic heterocycles. The number of carboxylic acid groups (broad SMARTS) is 1. The molecule has 3 rings (SSSR count). The number of benzene rings is 2. The Morgan fingerprint density at radius 2 is 1.90 bits per heavy atom. The third kappa shape index (κ3) is 2.48. The first kappa shape index (κ1) is 13.6. The first-order chi connectivity index (χ1) is 10.1. The minimum atomic E-state index is -1.05. The number of carboxylic acids is 1. The fourth-order valence-electron chi connectivity index (χ4n) is 2.33. The van der Waals surface area contributed by atoms with E-state index in [2.05, 4.69) is 4.98 Å². The van der Waals surface area contributed by atoms with Gasteiger partial charge >= 0.3 is 5.97 Å². The van der Waals surface area contributed by atoms with Gasteiger partial charge in [-0.25, -0.2) is 9.78 Å². The van der Waals surface area contributed by atoms with E-state index in [1.807, 2.05) is 43.3 Å². The van der Waals surface area contributed by atoms with Gasteiger partial charge in [-0.2, -0.15) is 0 Å². The smallest absolute Gasteiger partial charge is 0.354 e. The first-order valence-electron chi connectivity index (χ1n) is 6.46. The zero-order valence-corrected chi connectivity index (χ0v) is 12.1. The van der Waals surface area contributed by atoms with Crippen LogP contribution >= 0.6 is 11.6 Å². The zero-order valence-electron chi connectivity index (χ0n) is 11.3. The molecular weight excluding hydrogens is 286 g/mol. The van der Waals surface area contributed by atoms with Crippen LogP contribution < -0.4 is 0 Å². The summed E-state index contributed by atoms with van der Waals surface area (Å²) in [6.45, 7) is 1.99. The van der Waals surface area contributed by atoms with Crippen LogP contribution in [0.15, 0.2) is 48.5 Å². The Morgan fingerprint density at radius 3 is 2.62 bits per heavy atom. The van der Waals surface area contributed by atoms with Gasteiger partial charge in [-0.15, -0.1) is 0 Å². The standard InChI is InChI=1S/C17H12ClNO2/c1-10-6-7-11-9-15(17(20)21)19-16(13(11)8-10)12-4-2-3-5-14(12)18/h2-9H,1H3,(H,20,21). The van der Waals surface area contributed by atoms with Gasteiger partial charge in [0.15, 0.2) is 0 Å². The normalized spacial score (nSPS) is 10.8. The number of aromatic nitrogens is 1. The maximum absolute atomic E-state index is 11.3. The van der Waals surface area contributed by atoms with Crippen molar-refractivity contribution in [2.75, 3.05) is 0 Å². The minimum Gasteiger partial charge on any atom is -0.477 e. The number of carbonyl (C=O) groups is 1. The van der Waals surface area contributed by atoms with Crippen molar-refractivity contribution in [1.29, 1.82) is 0 Å². The lowest BCUT2D eigenvalue weighted by atomic mass is 10.0. The summed E-state index contributed by atoms with van der Waals surface area (Å²) >= 11 is 6.24. The molecule has 0 saturated heterocycles. The minimum absolute atomic E-state index is 0.0151. The van der Waals surface area contributed by atoms with E-state index in [1.165, 1.54) is 0 Å². The summed E-state index contributed by atoms with van der Waals surface area (Å²) in [4.78, 5) is 15.6. The lowest BCUT2D eigenvalue weighted by Gasteiger charge is -2.10. The van der Waals surface area contributed by atoms with Crippen LogP contribution in [-0.2, 0) is 0 Å².